The van der Waals surface area contributed by atoms with E-state index >= 15 is 4.39 Å². The molecule has 2 aromatic rings. The highest BCUT2D eigenvalue weighted by Gasteiger charge is 2.64. The topological polar surface area (TPSA) is 298 Å². The Balaban J connectivity index is 1.17. The van der Waals surface area contributed by atoms with Crippen molar-refractivity contribution in [3.63, 3.8) is 0 Å². The number of epoxide rings is 1. The fourth-order valence-corrected chi connectivity index (χ4v) is 11.6. The molecule has 7 N–H and O–H groups in total. The molecule has 0 radical (unpaired) electrons. The number of methoxy groups -OCH3 is 1. The number of carbonyl (C=O) groups excluding carboxylic acids is 9. The molecule has 0 unspecified atom stereocenters. The average molecular weight is 1270 g/mol. The maximum atomic E-state index is 16.3. The summed E-state index contributed by atoms with van der Waals surface area (Å²) >= 11 is 19.1. The van der Waals surface area contributed by atoms with Gasteiger partial charge >= 0.3 is 18.1 Å². The predicted molar refractivity (Wildman–Crippen MR) is 326 cm³/mol. The molecule has 6 rings (SSSR count). The molecule has 22 nitrogen and oxygen atoms in total. The number of likely N-dealkylation sites (N-methyl/N-ethyl adjacent to an activating group) is 1. The molecule has 474 valence electrons. The van der Waals surface area contributed by atoms with Crippen molar-refractivity contribution in [3.8, 4) is 0 Å². The van der Waals surface area contributed by atoms with Crippen LogP contribution in [0.5, 0.6) is 0 Å². The number of halogens is 3. The van der Waals surface area contributed by atoms with Crippen molar-refractivity contribution < 1.29 is 71.6 Å². The van der Waals surface area contributed by atoms with Crippen molar-refractivity contribution in [2.45, 2.75) is 167 Å². The van der Waals surface area contributed by atoms with Gasteiger partial charge in [-0.15, -0.1) is 0 Å². The number of ketones is 1. The summed E-state index contributed by atoms with van der Waals surface area (Å²) in [5, 5.41) is 22.7. The number of imide groups is 1. The molecule has 87 heavy (non-hydrogen) atoms. The number of nitrogens with two attached hydrogens (primary N) is 1. The number of carbonyl (C=O) groups is 9. The fraction of sp³-hybridized carbons (Fsp3) is 0.541. The summed E-state index contributed by atoms with van der Waals surface area (Å²) < 4.78 is 40.1. The van der Waals surface area contributed by atoms with Gasteiger partial charge in [-0.2, -0.15) is 0 Å². The largest absolute Gasteiger partial charge is 0.457 e. The van der Waals surface area contributed by atoms with Crippen LogP contribution in [-0.2, 0) is 60.6 Å². The second kappa shape index (κ2) is 29.9. The van der Waals surface area contributed by atoms with Crippen LogP contribution in [0.25, 0.3) is 0 Å². The Morgan fingerprint density at radius 2 is 1.70 bits per heavy atom. The van der Waals surface area contributed by atoms with Crippen LogP contribution in [0.2, 0.25) is 10.0 Å². The smallest absolute Gasteiger partial charge is 0.409 e. The van der Waals surface area contributed by atoms with Crippen molar-refractivity contribution in [2.24, 2.45) is 17.6 Å². The quantitative estimate of drug-likeness (QED) is 0.0245. The lowest BCUT2D eigenvalue weighted by Gasteiger charge is -2.42. The van der Waals surface area contributed by atoms with Crippen molar-refractivity contribution >= 4 is 99.5 Å². The summed E-state index contributed by atoms with van der Waals surface area (Å²) in [6.07, 6.45) is 4.20. The van der Waals surface area contributed by atoms with E-state index in [2.05, 4.69) is 21.3 Å². The molecule has 0 saturated carbocycles. The van der Waals surface area contributed by atoms with E-state index in [0.717, 1.165) is 33.1 Å². The molecule has 4 heterocycles. The van der Waals surface area contributed by atoms with Crippen LogP contribution in [0.15, 0.2) is 60.2 Å². The lowest BCUT2D eigenvalue weighted by atomic mass is 9.83. The number of benzene rings is 2. The molecule has 8 amide bonds. The minimum absolute atomic E-state index is 0.00394. The van der Waals surface area contributed by atoms with Crippen LogP contribution < -0.4 is 31.9 Å². The molecule has 4 aliphatic heterocycles. The summed E-state index contributed by atoms with van der Waals surface area (Å²) in [7, 11) is 4.20. The molecule has 2 aromatic carbocycles. The van der Waals surface area contributed by atoms with E-state index in [1.165, 1.54) is 45.2 Å². The minimum Gasteiger partial charge on any atom is -0.457 e. The number of primary amides is 1. The molecule has 0 aliphatic carbocycles. The van der Waals surface area contributed by atoms with Crippen molar-refractivity contribution in [3.05, 3.63) is 98.3 Å². The number of aliphatic hydroxyl groups is 1. The minimum atomic E-state index is -1.93. The summed E-state index contributed by atoms with van der Waals surface area (Å²) in [6.45, 7) is 12.3. The Kier molecular flexibility index (Phi) is 23.8. The molecule has 4 aliphatic rings. The SMILES string of the molecule is CO[C@@H]1/C=C/C=C(\C)Cc2cc(C)c(Cl)c(c2)N(C)C(=O)C[C@H](OC(=O)[C@H](C)N(C)C(=O)c2cc(F)c(CC(=O)[C@H](CCCNC(N)=O)NC(=O)[C@@H](NC(=S)CCCCCN3C(=O)C=CC3=O)C(C)C)cc2Cl)[C@]2(C)O[C@H]2[C@H](C)[C@@H]2C[C@@]1(O)NC(=O)O2. The molecule has 2 fully saturated rings. The number of hydrogen-bond acceptors (Lipinski definition) is 15. The Morgan fingerprint density at radius 1 is 1.01 bits per heavy atom. The average Bonchev–Trinajstić information content (AvgIpc) is 1.61. The van der Waals surface area contributed by atoms with E-state index in [0.29, 0.717) is 53.4 Å². The van der Waals surface area contributed by atoms with Crippen molar-refractivity contribution in [1.82, 2.24) is 31.1 Å². The third kappa shape index (κ3) is 17.5. The molecule has 4 bridgehead atoms. The van der Waals surface area contributed by atoms with Gasteiger partial charge in [-0.25, -0.2) is 18.8 Å². The van der Waals surface area contributed by atoms with Gasteiger partial charge in [-0.1, -0.05) is 92.5 Å². The highest BCUT2D eigenvalue weighted by atomic mass is 35.5. The number of rotatable bonds is 22. The normalized spacial score (nSPS) is 25.0. The number of hydrogen-bond donors (Lipinski definition) is 6. The highest BCUT2D eigenvalue weighted by Crippen LogP contribution is 2.49. The number of thiocarbonyl (C=S) groups is 1. The number of anilines is 1. The maximum Gasteiger partial charge on any atom is 0.409 e. The third-order valence-corrected chi connectivity index (χ3v) is 17.4. The maximum absolute atomic E-state index is 16.3. The second-order valence-electron chi connectivity index (χ2n) is 23.3. The zero-order valence-electron chi connectivity index (χ0n) is 50.6. The lowest BCUT2D eigenvalue weighted by molar-refractivity contribution is -0.158. The van der Waals surface area contributed by atoms with Gasteiger partial charge in [-0.05, 0) is 107 Å². The number of amides is 8. The Hall–Kier alpha value is -6.83. The monoisotopic (exact) mass is 1270 g/mol. The van der Waals surface area contributed by atoms with Crippen LogP contribution in [0.1, 0.15) is 120 Å². The van der Waals surface area contributed by atoms with Crippen molar-refractivity contribution in [2.75, 3.05) is 39.2 Å². The number of nitrogens with zero attached hydrogens (tertiary/aromatic N) is 3. The van der Waals surface area contributed by atoms with Gasteiger partial charge < -0.3 is 55.5 Å². The van der Waals surface area contributed by atoms with E-state index in [4.69, 9.17) is 60.1 Å². The van der Waals surface area contributed by atoms with E-state index in [9.17, 15) is 48.3 Å². The number of ether oxygens (including phenoxy) is 4. The van der Waals surface area contributed by atoms with Gasteiger partial charge in [-0.3, -0.25) is 39.0 Å². The van der Waals surface area contributed by atoms with Gasteiger partial charge in [0.1, 0.15) is 41.8 Å². The number of Topliss-reactive ketones (excluding diaryl/α,β-unsaturated/α-hetero) is 1. The number of aryl methyl sites for hydroxylation is 1. The van der Waals surface area contributed by atoms with E-state index in [1.807, 2.05) is 26.0 Å². The number of unbranched alkanes of at least 4 members (excludes halogenated alkanes) is 2. The molecular weight excluding hydrogens is 1190 g/mol. The zero-order valence-corrected chi connectivity index (χ0v) is 52.9. The van der Waals surface area contributed by atoms with Gasteiger partial charge in [0.15, 0.2) is 11.5 Å². The summed E-state index contributed by atoms with van der Waals surface area (Å²) in [4.78, 5) is 123. The first-order chi connectivity index (χ1) is 40.9. The first kappa shape index (κ1) is 69.3. The van der Waals surface area contributed by atoms with Gasteiger partial charge in [0.25, 0.3) is 17.7 Å². The van der Waals surface area contributed by atoms with Crippen molar-refractivity contribution in [1.29, 1.82) is 0 Å². The number of nitrogens with one attached hydrogen (secondary N) is 4. The van der Waals surface area contributed by atoms with Crippen LogP contribution in [0.4, 0.5) is 19.7 Å². The number of allylic oxidation sites excluding steroid dienone is 3. The summed E-state index contributed by atoms with van der Waals surface area (Å²) in [5.41, 5.74) is 4.14. The van der Waals surface area contributed by atoms with E-state index in [1.54, 1.807) is 45.9 Å². The van der Waals surface area contributed by atoms with Gasteiger partial charge in [0.2, 0.25) is 11.8 Å². The number of fused-ring (bicyclic) bond motifs is 5. The molecule has 10 atom stereocenters. The Bertz CT molecular complexity index is 3090. The molecule has 26 heteroatoms. The molecule has 2 saturated heterocycles. The predicted octanol–water partition coefficient (Wildman–Crippen LogP) is 6.39. The van der Waals surface area contributed by atoms with Crippen LogP contribution in [-0.4, -0.2) is 161 Å². The third-order valence-electron chi connectivity index (χ3n) is 16.3. The molecular formula is C61H79Cl2FN8O14S. The number of alkyl carbamates (subject to hydrolysis) is 1. The van der Waals surface area contributed by atoms with Crippen LogP contribution in [0, 0.1) is 24.6 Å². The Morgan fingerprint density at radius 3 is 2.36 bits per heavy atom. The highest BCUT2D eigenvalue weighted by molar-refractivity contribution is 7.80. The van der Waals surface area contributed by atoms with E-state index < -0.39 is 120 Å². The zero-order chi connectivity index (χ0) is 64.4. The van der Waals surface area contributed by atoms with Crippen LogP contribution in [0.3, 0.4) is 0 Å². The number of urea groups is 1. The first-order valence-electron chi connectivity index (χ1n) is 28.9. The van der Waals surface area contributed by atoms with Gasteiger partial charge in [0.05, 0.1) is 44.9 Å². The fourth-order valence-electron chi connectivity index (χ4n) is 10.9. The van der Waals surface area contributed by atoms with Gasteiger partial charge in [0, 0.05) is 65.2 Å². The van der Waals surface area contributed by atoms with E-state index in [-0.39, 0.29) is 66.2 Å². The van der Waals surface area contributed by atoms with Crippen LogP contribution >= 0.6 is 35.4 Å². The molecule has 0 aromatic heterocycles. The standard InChI is InChI=1S/C61H79Cl2FN8O14S/c1-32(2)53(68-48(87)19-12-11-13-23-72-49(74)20-21-50(72)75)55(77)67-42(17-15-22-66-58(65)80)44(73)28-38-27-40(62)39(29-41(38)64)56(78)70(8)36(6)57(79)85-47-30-51(76)71(9)43-26-37(25-34(4)52(43)63)24-33(3)16-14-18-46(83-10)61(82)31-45(84-59(81)69-61)35(5)54-60(47,7)86-54/h14,16,18,20-21,25-27,29,32,35-36,42,45-47,53-54,82H,11-13,15,17,19,22-24,28,30-31H2,1-10H3,(H,67,77)(H,68,87)(H,69,81)(H3,65,66,80)/b18-14+,33-16+/t35-,36+,42+,45+,46-,47+,53+,54+,60+,61+/m1/s1. The second-order valence-corrected chi connectivity index (χ2v) is 24.5. The Labute approximate surface area is 521 Å². The first-order valence-corrected chi connectivity index (χ1v) is 30.0. The number of esters is 1. The summed E-state index contributed by atoms with van der Waals surface area (Å²) in [5.74, 6) is -6.35. The summed E-state index contributed by atoms with van der Waals surface area (Å²) in [6, 6.07) is 1.32. The lowest BCUT2D eigenvalue weighted by Crippen LogP contribution is -2.63. The molecule has 0 spiro atoms.